The van der Waals surface area contributed by atoms with Crippen LogP contribution in [0.4, 0.5) is 4.39 Å². The molecule has 0 radical (unpaired) electrons. The number of carboxylic acids is 1. The molecule has 0 aliphatic rings. The third-order valence-electron chi connectivity index (χ3n) is 2.76. The van der Waals surface area contributed by atoms with Gasteiger partial charge in [-0.2, -0.15) is 0 Å². The second-order valence-electron chi connectivity index (χ2n) is 4.27. The van der Waals surface area contributed by atoms with Gasteiger partial charge in [-0.05, 0) is 18.2 Å². The van der Waals surface area contributed by atoms with Crippen LogP contribution in [0.2, 0.25) is 5.02 Å². The number of imidazole rings is 1. The first-order chi connectivity index (χ1) is 9.97. The molecule has 1 aromatic carbocycles. The molecule has 8 heteroatoms. The first-order valence-corrected chi connectivity index (χ1v) is 6.31. The van der Waals surface area contributed by atoms with Crippen molar-refractivity contribution >= 4 is 23.5 Å². The van der Waals surface area contributed by atoms with Crippen LogP contribution < -0.4 is 5.32 Å². The predicted molar refractivity (Wildman–Crippen MR) is 72.6 cm³/mol. The molecule has 0 saturated carbocycles. The zero-order valence-corrected chi connectivity index (χ0v) is 11.4. The minimum Gasteiger partial charge on any atom is -0.480 e. The summed E-state index contributed by atoms with van der Waals surface area (Å²) in [5.74, 6) is -2.86. The van der Waals surface area contributed by atoms with Gasteiger partial charge in [-0.25, -0.2) is 14.2 Å². The van der Waals surface area contributed by atoms with Gasteiger partial charge in [0, 0.05) is 23.3 Å². The lowest BCUT2D eigenvalue weighted by Gasteiger charge is -2.14. The van der Waals surface area contributed by atoms with Gasteiger partial charge in [0.05, 0.1) is 11.9 Å². The molecule has 6 nitrogen and oxygen atoms in total. The van der Waals surface area contributed by atoms with E-state index >= 15 is 0 Å². The van der Waals surface area contributed by atoms with Gasteiger partial charge >= 0.3 is 5.97 Å². The van der Waals surface area contributed by atoms with E-state index in [1.54, 1.807) is 0 Å². The molecule has 2 rings (SSSR count). The van der Waals surface area contributed by atoms with Gasteiger partial charge in [-0.1, -0.05) is 11.6 Å². The van der Waals surface area contributed by atoms with Crippen molar-refractivity contribution in [3.8, 4) is 0 Å². The minimum atomic E-state index is -1.24. The number of carbonyl (C=O) groups is 2. The zero-order valence-electron chi connectivity index (χ0n) is 10.6. The Bertz CT molecular complexity index is 661. The molecule has 1 amide bonds. The fourth-order valence-electron chi connectivity index (χ4n) is 1.72. The number of hydrogen-bond acceptors (Lipinski definition) is 3. The molecule has 0 spiro atoms. The van der Waals surface area contributed by atoms with E-state index < -0.39 is 23.7 Å². The Morgan fingerprint density at radius 3 is 2.86 bits per heavy atom. The summed E-state index contributed by atoms with van der Waals surface area (Å²) in [4.78, 5) is 29.6. The van der Waals surface area contributed by atoms with E-state index in [0.717, 1.165) is 12.1 Å². The quantitative estimate of drug-likeness (QED) is 0.782. The molecule has 0 aliphatic carbocycles. The maximum Gasteiger partial charge on any atom is 0.326 e. The van der Waals surface area contributed by atoms with Crippen LogP contribution in [0.5, 0.6) is 0 Å². The van der Waals surface area contributed by atoms with Crippen molar-refractivity contribution in [3.05, 3.63) is 52.8 Å². The van der Waals surface area contributed by atoms with Gasteiger partial charge in [0.2, 0.25) is 0 Å². The molecule has 0 aliphatic heterocycles. The number of nitrogens with one attached hydrogen (secondary N) is 2. The second-order valence-corrected chi connectivity index (χ2v) is 4.71. The summed E-state index contributed by atoms with van der Waals surface area (Å²) < 4.78 is 13.6. The number of carboxylic acid groups (broad SMARTS) is 1. The van der Waals surface area contributed by atoms with Gasteiger partial charge in [-0.3, -0.25) is 4.79 Å². The van der Waals surface area contributed by atoms with Gasteiger partial charge in [0.1, 0.15) is 11.9 Å². The van der Waals surface area contributed by atoms with Crippen molar-refractivity contribution in [3.63, 3.8) is 0 Å². The standard InChI is InChI=1S/C13H11ClFN3O3/c14-7-1-2-10(15)9(3-7)12(19)18-11(13(20)21)4-8-5-16-6-17-8/h1-3,5-6,11H,4H2,(H,16,17)(H,18,19)(H,20,21). The third-order valence-corrected chi connectivity index (χ3v) is 2.99. The van der Waals surface area contributed by atoms with Crippen molar-refractivity contribution in [1.82, 2.24) is 15.3 Å². The molecule has 1 heterocycles. The van der Waals surface area contributed by atoms with E-state index in [2.05, 4.69) is 15.3 Å². The van der Waals surface area contributed by atoms with E-state index in [-0.39, 0.29) is 17.0 Å². The molecule has 0 saturated heterocycles. The summed E-state index contributed by atoms with van der Waals surface area (Å²) in [5, 5.41) is 11.6. The van der Waals surface area contributed by atoms with Crippen molar-refractivity contribution in [2.45, 2.75) is 12.5 Å². The second kappa shape index (κ2) is 6.36. The van der Waals surface area contributed by atoms with Crippen molar-refractivity contribution in [2.24, 2.45) is 0 Å². The molecular formula is C13H11ClFN3O3. The predicted octanol–water partition coefficient (Wildman–Crippen LogP) is 1.63. The molecular weight excluding hydrogens is 301 g/mol. The molecule has 1 unspecified atom stereocenters. The number of aromatic nitrogens is 2. The number of benzene rings is 1. The molecule has 3 N–H and O–H groups in total. The highest BCUT2D eigenvalue weighted by molar-refractivity contribution is 6.31. The van der Waals surface area contributed by atoms with Gasteiger partial charge in [-0.15, -0.1) is 0 Å². The van der Waals surface area contributed by atoms with Crippen LogP contribution in [-0.2, 0) is 11.2 Å². The van der Waals surface area contributed by atoms with E-state index in [1.807, 2.05) is 0 Å². The maximum atomic E-state index is 13.6. The fraction of sp³-hybridized carbons (Fsp3) is 0.154. The number of halogens is 2. The van der Waals surface area contributed by atoms with E-state index in [1.165, 1.54) is 18.6 Å². The van der Waals surface area contributed by atoms with E-state index in [0.29, 0.717) is 5.69 Å². The van der Waals surface area contributed by atoms with Crippen molar-refractivity contribution in [1.29, 1.82) is 0 Å². The molecule has 110 valence electrons. The summed E-state index contributed by atoms with van der Waals surface area (Å²) in [6.07, 6.45) is 2.85. The fourth-order valence-corrected chi connectivity index (χ4v) is 1.90. The Kier molecular flexibility index (Phi) is 4.54. The SMILES string of the molecule is O=C(NC(Cc1cnc[nH]1)C(=O)O)c1cc(Cl)ccc1F. The number of aromatic amines is 1. The summed E-state index contributed by atoms with van der Waals surface area (Å²) in [6, 6.07) is 2.27. The zero-order chi connectivity index (χ0) is 15.4. The maximum absolute atomic E-state index is 13.6. The number of H-pyrrole nitrogens is 1. The van der Waals surface area contributed by atoms with Gasteiger partial charge < -0.3 is 15.4 Å². The lowest BCUT2D eigenvalue weighted by Crippen LogP contribution is -2.42. The highest BCUT2D eigenvalue weighted by Gasteiger charge is 2.23. The van der Waals surface area contributed by atoms with Crippen LogP contribution >= 0.6 is 11.6 Å². The monoisotopic (exact) mass is 311 g/mol. The van der Waals surface area contributed by atoms with E-state index in [9.17, 15) is 14.0 Å². The number of rotatable bonds is 5. The highest BCUT2D eigenvalue weighted by Crippen LogP contribution is 2.15. The molecule has 2 aromatic rings. The Morgan fingerprint density at radius 1 is 1.48 bits per heavy atom. The topological polar surface area (TPSA) is 95.1 Å². The summed E-state index contributed by atoms with van der Waals surface area (Å²) in [5.41, 5.74) is 0.229. The number of aliphatic carboxylic acids is 1. The van der Waals surface area contributed by atoms with Crippen LogP contribution in [0, 0.1) is 5.82 Å². The van der Waals surface area contributed by atoms with Gasteiger partial charge in [0.15, 0.2) is 0 Å². The highest BCUT2D eigenvalue weighted by atomic mass is 35.5. The van der Waals surface area contributed by atoms with Crippen LogP contribution in [0.1, 0.15) is 16.1 Å². The molecule has 21 heavy (non-hydrogen) atoms. The van der Waals surface area contributed by atoms with Gasteiger partial charge in [0.25, 0.3) is 5.91 Å². The minimum absolute atomic E-state index is 0.00323. The lowest BCUT2D eigenvalue weighted by molar-refractivity contribution is -0.139. The molecule has 0 fully saturated rings. The van der Waals surface area contributed by atoms with Crippen LogP contribution in [0.15, 0.2) is 30.7 Å². The lowest BCUT2D eigenvalue weighted by atomic mass is 10.1. The first kappa shape index (κ1) is 15.0. The molecule has 1 aromatic heterocycles. The molecule has 1 atom stereocenters. The van der Waals surface area contributed by atoms with E-state index in [4.69, 9.17) is 16.7 Å². The third kappa shape index (κ3) is 3.79. The number of carbonyl (C=O) groups excluding carboxylic acids is 1. The normalized spacial score (nSPS) is 11.9. The summed E-state index contributed by atoms with van der Waals surface area (Å²) in [7, 11) is 0. The Labute approximate surface area is 124 Å². The summed E-state index contributed by atoms with van der Waals surface area (Å²) >= 11 is 5.70. The smallest absolute Gasteiger partial charge is 0.326 e. The number of amides is 1. The number of nitrogens with zero attached hydrogens (tertiary/aromatic N) is 1. The largest absolute Gasteiger partial charge is 0.480 e. The average Bonchev–Trinajstić information content (AvgIpc) is 2.93. The number of hydrogen-bond donors (Lipinski definition) is 3. The Balaban J connectivity index is 2.14. The van der Waals surface area contributed by atoms with Crippen LogP contribution in [-0.4, -0.2) is 33.0 Å². The Hall–Kier alpha value is -2.41. The van der Waals surface area contributed by atoms with Crippen molar-refractivity contribution < 1.29 is 19.1 Å². The summed E-state index contributed by atoms with van der Waals surface area (Å²) in [6.45, 7) is 0. The average molecular weight is 312 g/mol. The Morgan fingerprint density at radius 2 is 2.24 bits per heavy atom. The molecule has 0 bridgehead atoms. The van der Waals surface area contributed by atoms with Crippen LogP contribution in [0.3, 0.4) is 0 Å². The van der Waals surface area contributed by atoms with Crippen LogP contribution in [0.25, 0.3) is 0 Å². The van der Waals surface area contributed by atoms with Crippen molar-refractivity contribution in [2.75, 3.05) is 0 Å². The first-order valence-electron chi connectivity index (χ1n) is 5.93.